The molecule has 4 heteroatoms. The Kier molecular flexibility index (Phi) is 3.91. The van der Waals surface area contributed by atoms with Crippen molar-refractivity contribution in [1.29, 1.82) is 0 Å². The summed E-state index contributed by atoms with van der Waals surface area (Å²) in [6, 6.07) is 9.24. The molecule has 0 radical (unpaired) electrons. The summed E-state index contributed by atoms with van der Waals surface area (Å²) in [5.74, 6) is 0. The number of nitrogens with one attached hydrogen (secondary N) is 1. The number of nitro groups is 1. The minimum atomic E-state index is -0.678. The second-order valence-electron chi connectivity index (χ2n) is 3.10. The molecular weight excluding hydrogens is 180 g/mol. The van der Waals surface area contributed by atoms with Gasteiger partial charge in [0.2, 0.25) is 0 Å². The lowest BCUT2D eigenvalue weighted by atomic mass is 10.2. The maximum atomic E-state index is 10.6. The molecule has 0 amide bonds. The van der Waals surface area contributed by atoms with E-state index in [9.17, 15) is 10.1 Å². The van der Waals surface area contributed by atoms with Crippen LogP contribution in [0.3, 0.4) is 0 Å². The Morgan fingerprint density at radius 1 is 1.43 bits per heavy atom. The Labute approximate surface area is 83.1 Å². The van der Waals surface area contributed by atoms with E-state index in [0.717, 1.165) is 12.1 Å². The first-order valence-electron chi connectivity index (χ1n) is 4.69. The Morgan fingerprint density at radius 3 is 2.57 bits per heavy atom. The molecule has 1 unspecified atom stereocenters. The van der Waals surface area contributed by atoms with Crippen molar-refractivity contribution in [2.24, 2.45) is 0 Å². The number of rotatable bonds is 5. The smallest absolute Gasteiger partial charge is 0.284 e. The number of para-hydroxylation sites is 1. The van der Waals surface area contributed by atoms with Gasteiger partial charge in [0, 0.05) is 17.0 Å². The monoisotopic (exact) mass is 194 g/mol. The van der Waals surface area contributed by atoms with Crippen LogP contribution < -0.4 is 5.32 Å². The molecule has 0 heterocycles. The average molecular weight is 194 g/mol. The molecule has 76 valence electrons. The van der Waals surface area contributed by atoms with Crippen LogP contribution >= 0.6 is 0 Å². The zero-order valence-corrected chi connectivity index (χ0v) is 8.14. The molecule has 0 saturated heterocycles. The molecule has 1 aromatic rings. The predicted octanol–water partition coefficient (Wildman–Crippen LogP) is 2.50. The molecule has 0 bridgehead atoms. The zero-order valence-electron chi connectivity index (χ0n) is 8.14. The first-order valence-corrected chi connectivity index (χ1v) is 4.69. The summed E-state index contributed by atoms with van der Waals surface area (Å²) < 4.78 is 0. The van der Waals surface area contributed by atoms with Crippen molar-refractivity contribution in [3.8, 4) is 0 Å². The van der Waals surface area contributed by atoms with Crippen molar-refractivity contribution in [2.45, 2.75) is 25.9 Å². The molecule has 1 N–H and O–H groups in total. The molecule has 0 aliphatic heterocycles. The molecule has 1 rings (SSSR count). The van der Waals surface area contributed by atoms with Crippen molar-refractivity contribution in [3.05, 3.63) is 40.4 Å². The van der Waals surface area contributed by atoms with Crippen molar-refractivity contribution < 1.29 is 4.92 Å². The number of benzene rings is 1. The quantitative estimate of drug-likeness (QED) is 0.445. The lowest BCUT2D eigenvalue weighted by Crippen LogP contribution is -2.28. The zero-order chi connectivity index (χ0) is 10.4. The molecule has 0 saturated carbocycles. The van der Waals surface area contributed by atoms with Crippen LogP contribution in [0.2, 0.25) is 0 Å². The summed E-state index contributed by atoms with van der Waals surface area (Å²) in [6.45, 7) is 1.93. The number of hydrogen-bond acceptors (Lipinski definition) is 3. The summed E-state index contributed by atoms with van der Waals surface area (Å²) in [6.07, 6.45) is 0.662. The fourth-order valence-corrected chi connectivity index (χ4v) is 1.23. The third-order valence-corrected chi connectivity index (χ3v) is 1.92. The van der Waals surface area contributed by atoms with E-state index in [1.54, 1.807) is 0 Å². The van der Waals surface area contributed by atoms with Crippen molar-refractivity contribution >= 4 is 5.69 Å². The van der Waals surface area contributed by atoms with E-state index in [1.165, 1.54) is 0 Å². The highest BCUT2D eigenvalue weighted by molar-refractivity contribution is 5.42. The second-order valence-corrected chi connectivity index (χ2v) is 3.10. The minimum Gasteiger partial charge on any atom is -0.324 e. The van der Waals surface area contributed by atoms with Gasteiger partial charge in [-0.2, -0.15) is 0 Å². The first kappa shape index (κ1) is 10.5. The van der Waals surface area contributed by atoms with Crippen LogP contribution in [0.4, 0.5) is 5.69 Å². The molecule has 0 aliphatic rings. The van der Waals surface area contributed by atoms with Crippen LogP contribution in [0.1, 0.15) is 19.8 Å². The number of nitrogens with zero attached hydrogens (tertiary/aromatic N) is 1. The van der Waals surface area contributed by atoms with Crippen LogP contribution in [0.15, 0.2) is 30.3 Å². The minimum absolute atomic E-state index is 0.281. The van der Waals surface area contributed by atoms with E-state index < -0.39 is 6.17 Å². The van der Waals surface area contributed by atoms with E-state index >= 15 is 0 Å². The van der Waals surface area contributed by atoms with Gasteiger partial charge in [-0.15, -0.1) is 0 Å². The molecular formula is C10H14N2O2. The van der Waals surface area contributed by atoms with Gasteiger partial charge in [0.15, 0.2) is 0 Å². The molecule has 0 aromatic heterocycles. The van der Waals surface area contributed by atoms with Crippen molar-refractivity contribution in [3.63, 3.8) is 0 Å². The molecule has 0 fully saturated rings. The summed E-state index contributed by atoms with van der Waals surface area (Å²) in [7, 11) is 0. The topological polar surface area (TPSA) is 55.2 Å². The van der Waals surface area contributed by atoms with E-state index in [1.807, 2.05) is 37.3 Å². The van der Waals surface area contributed by atoms with Gasteiger partial charge in [-0.1, -0.05) is 25.1 Å². The van der Waals surface area contributed by atoms with Crippen LogP contribution in [0.5, 0.6) is 0 Å². The van der Waals surface area contributed by atoms with Gasteiger partial charge in [0.1, 0.15) is 0 Å². The Hall–Kier alpha value is -1.58. The lowest BCUT2D eigenvalue weighted by molar-refractivity contribution is -0.515. The second kappa shape index (κ2) is 5.21. The van der Waals surface area contributed by atoms with Gasteiger partial charge in [0.05, 0.1) is 0 Å². The maximum absolute atomic E-state index is 10.6. The van der Waals surface area contributed by atoms with E-state index in [-0.39, 0.29) is 4.92 Å². The van der Waals surface area contributed by atoms with E-state index in [4.69, 9.17) is 0 Å². The van der Waals surface area contributed by atoms with Gasteiger partial charge >= 0.3 is 0 Å². The maximum Gasteiger partial charge on any atom is 0.284 e. The van der Waals surface area contributed by atoms with Gasteiger partial charge in [-0.3, -0.25) is 10.1 Å². The lowest BCUT2D eigenvalue weighted by Gasteiger charge is -2.11. The van der Waals surface area contributed by atoms with Crippen molar-refractivity contribution in [1.82, 2.24) is 0 Å². The molecule has 1 atom stereocenters. The SMILES string of the molecule is CCCC(Nc1ccccc1)[N+](=O)[O-]. The fourth-order valence-electron chi connectivity index (χ4n) is 1.23. The van der Waals surface area contributed by atoms with Crippen molar-refractivity contribution in [2.75, 3.05) is 5.32 Å². The molecule has 4 nitrogen and oxygen atoms in total. The summed E-state index contributed by atoms with van der Waals surface area (Å²) in [5, 5.41) is 13.5. The Bertz CT molecular complexity index is 287. The number of hydrogen-bond donors (Lipinski definition) is 1. The highest BCUT2D eigenvalue weighted by atomic mass is 16.6. The highest BCUT2D eigenvalue weighted by Crippen LogP contribution is 2.10. The van der Waals surface area contributed by atoms with Crippen LogP contribution in [0.25, 0.3) is 0 Å². The Morgan fingerprint density at radius 2 is 2.07 bits per heavy atom. The molecule has 1 aromatic carbocycles. The van der Waals surface area contributed by atoms with Gasteiger partial charge in [0.25, 0.3) is 6.17 Å². The standard InChI is InChI=1S/C10H14N2O2/c1-2-6-10(12(13)14)11-9-7-4-3-5-8-9/h3-5,7-8,10-11H,2,6H2,1H3. The van der Waals surface area contributed by atoms with Crippen LogP contribution in [-0.4, -0.2) is 11.1 Å². The van der Waals surface area contributed by atoms with Crippen LogP contribution in [0, 0.1) is 10.1 Å². The van der Waals surface area contributed by atoms with Crippen LogP contribution in [-0.2, 0) is 0 Å². The fraction of sp³-hybridized carbons (Fsp3) is 0.400. The predicted molar refractivity (Wildman–Crippen MR) is 55.8 cm³/mol. The third kappa shape index (κ3) is 3.05. The summed E-state index contributed by atoms with van der Waals surface area (Å²) in [4.78, 5) is 10.4. The average Bonchev–Trinajstić information content (AvgIpc) is 2.18. The third-order valence-electron chi connectivity index (χ3n) is 1.92. The van der Waals surface area contributed by atoms with Gasteiger partial charge in [-0.25, -0.2) is 0 Å². The largest absolute Gasteiger partial charge is 0.324 e. The number of anilines is 1. The first-order chi connectivity index (χ1) is 6.74. The van der Waals surface area contributed by atoms with Gasteiger partial charge in [-0.05, 0) is 18.6 Å². The van der Waals surface area contributed by atoms with E-state index in [2.05, 4.69) is 5.32 Å². The Balaban J connectivity index is 2.60. The molecule has 0 spiro atoms. The van der Waals surface area contributed by atoms with E-state index in [0.29, 0.717) is 6.42 Å². The summed E-state index contributed by atoms with van der Waals surface area (Å²) in [5.41, 5.74) is 0.794. The summed E-state index contributed by atoms with van der Waals surface area (Å²) >= 11 is 0. The normalized spacial score (nSPS) is 12.1. The molecule has 0 aliphatic carbocycles. The molecule has 14 heavy (non-hydrogen) atoms. The highest BCUT2D eigenvalue weighted by Gasteiger charge is 2.17. The van der Waals surface area contributed by atoms with Gasteiger partial charge < -0.3 is 5.32 Å².